The van der Waals surface area contributed by atoms with Gasteiger partial charge in [0.15, 0.2) is 0 Å². The van der Waals surface area contributed by atoms with Crippen LogP contribution in [0.25, 0.3) is 43.4 Å². The van der Waals surface area contributed by atoms with Crippen molar-refractivity contribution in [2.45, 2.75) is 24.5 Å². The SMILES string of the molecule is C1=C(C2=NC(c3ccc4ccccc4c3)NC(c3ccccc3)N2)C2CN2C1n1c2ccccc2c2c3ccccc3ccc21. The molecule has 5 atom stereocenters. The van der Waals surface area contributed by atoms with Gasteiger partial charge in [0.25, 0.3) is 0 Å². The minimum absolute atomic E-state index is 0.0538. The summed E-state index contributed by atoms with van der Waals surface area (Å²) in [5.74, 6) is 0.988. The van der Waals surface area contributed by atoms with Crippen LogP contribution in [-0.4, -0.2) is 27.9 Å². The van der Waals surface area contributed by atoms with Crippen molar-refractivity contribution >= 4 is 49.2 Å². The Labute approximate surface area is 261 Å². The number of hydrogen-bond acceptors (Lipinski definition) is 4. The maximum atomic E-state index is 5.37. The number of amidine groups is 1. The van der Waals surface area contributed by atoms with Gasteiger partial charge in [-0.25, -0.2) is 4.99 Å². The predicted octanol–water partition coefficient (Wildman–Crippen LogP) is 8.21. The van der Waals surface area contributed by atoms with E-state index in [0.717, 1.165) is 12.4 Å². The first-order valence-electron chi connectivity index (χ1n) is 15.8. The molecule has 0 radical (unpaired) electrons. The molecule has 0 spiro atoms. The van der Waals surface area contributed by atoms with Crippen LogP contribution in [0.4, 0.5) is 0 Å². The van der Waals surface area contributed by atoms with E-state index in [9.17, 15) is 0 Å². The zero-order chi connectivity index (χ0) is 29.5. The lowest BCUT2D eigenvalue weighted by atomic mass is 10.0. The molecule has 7 aromatic rings. The first kappa shape index (κ1) is 25.1. The predicted molar refractivity (Wildman–Crippen MR) is 184 cm³/mol. The Morgan fingerprint density at radius 2 is 1.36 bits per heavy atom. The van der Waals surface area contributed by atoms with Gasteiger partial charge in [0.05, 0.1) is 17.1 Å². The number of rotatable bonds is 4. The number of fused-ring (bicyclic) bond motifs is 7. The van der Waals surface area contributed by atoms with Crippen molar-refractivity contribution in [1.29, 1.82) is 0 Å². The van der Waals surface area contributed by atoms with Gasteiger partial charge in [-0.15, -0.1) is 0 Å². The third-order valence-corrected chi connectivity index (χ3v) is 9.90. The number of benzene rings is 6. The van der Waals surface area contributed by atoms with E-state index in [1.165, 1.54) is 60.1 Å². The second kappa shape index (κ2) is 9.63. The zero-order valence-corrected chi connectivity index (χ0v) is 24.6. The van der Waals surface area contributed by atoms with Gasteiger partial charge >= 0.3 is 0 Å². The van der Waals surface area contributed by atoms with Gasteiger partial charge in [0, 0.05) is 22.9 Å². The summed E-state index contributed by atoms with van der Waals surface area (Å²) in [5, 5.41) is 15.3. The molecule has 1 saturated heterocycles. The summed E-state index contributed by atoms with van der Waals surface area (Å²) in [6, 6.07) is 48.4. The topological polar surface area (TPSA) is 44.4 Å². The first-order chi connectivity index (χ1) is 22.3. The van der Waals surface area contributed by atoms with Gasteiger partial charge < -0.3 is 9.88 Å². The van der Waals surface area contributed by atoms with Crippen molar-refractivity contribution in [2.24, 2.45) is 4.99 Å². The third kappa shape index (κ3) is 3.91. The van der Waals surface area contributed by atoms with Crippen LogP contribution in [0.1, 0.15) is 29.6 Å². The summed E-state index contributed by atoms with van der Waals surface area (Å²) < 4.78 is 2.54. The van der Waals surface area contributed by atoms with Gasteiger partial charge in [-0.3, -0.25) is 10.2 Å². The minimum Gasteiger partial charge on any atom is -0.351 e. The molecule has 0 aliphatic carbocycles. The average molecular weight is 582 g/mol. The van der Waals surface area contributed by atoms with Gasteiger partial charge in [-0.05, 0) is 56.9 Å². The molecule has 216 valence electrons. The minimum atomic E-state index is -0.164. The van der Waals surface area contributed by atoms with Crippen LogP contribution in [0, 0.1) is 0 Å². The van der Waals surface area contributed by atoms with E-state index < -0.39 is 0 Å². The molecular formula is C40H31N5. The Bertz CT molecular complexity index is 2350. The molecule has 10 rings (SSSR count). The van der Waals surface area contributed by atoms with E-state index in [0.29, 0.717) is 6.04 Å². The molecule has 3 aliphatic heterocycles. The number of aliphatic imine (C=N–C) groups is 1. The van der Waals surface area contributed by atoms with Crippen molar-refractivity contribution < 1.29 is 0 Å². The number of aromatic nitrogens is 1. The molecule has 4 heterocycles. The number of hydrogen-bond donors (Lipinski definition) is 2. The quantitative estimate of drug-likeness (QED) is 0.206. The van der Waals surface area contributed by atoms with Crippen LogP contribution >= 0.6 is 0 Å². The van der Waals surface area contributed by atoms with E-state index in [4.69, 9.17) is 4.99 Å². The van der Waals surface area contributed by atoms with Crippen molar-refractivity contribution in [3.05, 3.63) is 156 Å². The highest BCUT2D eigenvalue weighted by Crippen LogP contribution is 2.47. The smallest absolute Gasteiger partial charge is 0.129 e. The van der Waals surface area contributed by atoms with Crippen molar-refractivity contribution in [3.8, 4) is 0 Å². The molecule has 2 N–H and O–H groups in total. The van der Waals surface area contributed by atoms with E-state index in [1.54, 1.807) is 0 Å². The molecule has 0 amide bonds. The largest absolute Gasteiger partial charge is 0.351 e. The molecule has 1 fully saturated rings. The highest BCUT2D eigenvalue weighted by atomic mass is 15.4. The van der Waals surface area contributed by atoms with Crippen LogP contribution in [0.5, 0.6) is 0 Å². The lowest BCUT2D eigenvalue weighted by molar-refractivity contribution is 0.389. The maximum absolute atomic E-state index is 5.37. The summed E-state index contributed by atoms with van der Waals surface area (Å²) in [6.07, 6.45) is 2.36. The molecular weight excluding hydrogens is 550 g/mol. The van der Waals surface area contributed by atoms with Crippen molar-refractivity contribution in [3.63, 3.8) is 0 Å². The summed E-state index contributed by atoms with van der Waals surface area (Å²) in [7, 11) is 0. The standard InChI is InChI=1S/C40H31N5/c1-2-12-27(13-3-1)38-41-39(29-19-18-25-10-4-5-14-28(25)22-29)43-40(42-38)32-23-36(44-24-35(32)44)45-33-17-9-8-16-31(33)37-30-15-7-6-11-26(30)20-21-34(37)45/h1-23,35-36,38-39,41H,24H2,(H,42,43). The van der Waals surface area contributed by atoms with Crippen LogP contribution in [-0.2, 0) is 0 Å². The Balaban J connectivity index is 1.11. The second-order valence-corrected chi connectivity index (χ2v) is 12.5. The van der Waals surface area contributed by atoms with Crippen molar-refractivity contribution in [1.82, 2.24) is 20.1 Å². The van der Waals surface area contributed by atoms with Crippen LogP contribution < -0.4 is 10.6 Å². The van der Waals surface area contributed by atoms with Gasteiger partial charge in [0.2, 0.25) is 0 Å². The number of para-hydroxylation sites is 1. The normalized spacial score (nSPS) is 24.0. The molecule has 5 unspecified atom stereocenters. The summed E-state index contributed by atoms with van der Waals surface area (Å²) >= 11 is 0. The summed E-state index contributed by atoms with van der Waals surface area (Å²) in [5.41, 5.74) is 6.21. The Morgan fingerprint density at radius 3 is 2.24 bits per heavy atom. The molecule has 3 aliphatic rings. The molecule has 45 heavy (non-hydrogen) atoms. The second-order valence-electron chi connectivity index (χ2n) is 12.5. The van der Waals surface area contributed by atoms with E-state index >= 15 is 0 Å². The highest BCUT2D eigenvalue weighted by molar-refractivity contribution is 6.20. The monoisotopic (exact) mass is 581 g/mol. The molecule has 6 aromatic carbocycles. The van der Waals surface area contributed by atoms with E-state index in [2.05, 4.69) is 160 Å². The third-order valence-electron chi connectivity index (χ3n) is 9.90. The van der Waals surface area contributed by atoms with Gasteiger partial charge in [0.1, 0.15) is 24.3 Å². The summed E-state index contributed by atoms with van der Waals surface area (Å²) in [4.78, 5) is 7.95. The molecule has 5 heteroatoms. The zero-order valence-electron chi connectivity index (χ0n) is 24.6. The van der Waals surface area contributed by atoms with Gasteiger partial charge in [-0.2, -0.15) is 0 Å². The lowest BCUT2D eigenvalue weighted by Gasteiger charge is -2.32. The fourth-order valence-corrected chi connectivity index (χ4v) is 7.67. The summed E-state index contributed by atoms with van der Waals surface area (Å²) in [6.45, 7) is 1.03. The number of nitrogens with zero attached hydrogens (tertiary/aromatic N) is 3. The fraction of sp³-hybridized carbons (Fsp3) is 0.125. The molecule has 5 nitrogen and oxygen atoms in total. The van der Waals surface area contributed by atoms with Gasteiger partial charge in [-0.1, -0.05) is 115 Å². The van der Waals surface area contributed by atoms with Crippen LogP contribution in [0.2, 0.25) is 0 Å². The Hall–Kier alpha value is -5.23. The Morgan fingerprint density at radius 1 is 0.622 bits per heavy atom. The van der Waals surface area contributed by atoms with Crippen LogP contribution in [0.3, 0.4) is 0 Å². The molecule has 0 saturated carbocycles. The van der Waals surface area contributed by atoms with E-state index in [1.807, 2.05) is 0 Å². The number of nitrogens with one attached hydrogen (secondary N) is 2. The average Bonchev–Trinajstić information content (AvgIpc) is 3.70. The highest BCUT2D eigenvalue weighted by Gasteiger charge is 2.50. The van der Waals surface area contributed by atoms with Crippen molar-refractivity contribution in [2.75, 3.05) is 6.54 Å². The van der Waals surface area contributed by atoms with Crippen LogP contribution in [0.15, 0.2) is 150 Å². The first-order valence-corrected chi connectivity index (χ1v) is 15.8. The Kier molecular flexibility index (Phi) is 5.38. The lowest BCUT2D eigenvalue weighted by Crippen LogP contribution is -2.45. The fourth-order valence-electron chi connectivity index (χ4n) is 7.67. The molecule has 1 aromatic heterocycles. The molecule has 0 bridgehead atoms. The van der Waals surface area contributed by atoms with E-state index in [-0.39, 0.29) is 18.5 Å². The maximum Gasteiger partial charge on any atom is 0.129 e.